The second kappa shape index (κ2) is 9.30. The number of nitrogens with zero attached hydrogens (tertiary/aromatic N) is 2. The number of benzene rings is 1. The molecule has 4 aliphatic carbocycles. The van der Waals surface area contributed by atoms with Gasteiger partial charge in [-0.15, -0.1) is 0 Å². The van der Waals surface area contributed by atoms with Gasteiger partial charge in [0.05, 0.1) is 11.2 Å². The van der Waals surface area contributed by atoms with Crippen molar-refractivity contribution in [2.24, 2.45) is 30.2 Å². The smallest absolute Gasteiger partial charge is 0.224 e. The van der Waals surface area contributed by atoms with Crippen molar-refractivity contribution in [3.63, 3.8) is 0 Å². The summed E-state index contributed by atoms with van der Waals surface area (Å²) in [7, 11) is 2.06. The van der Waals surface area contributed by atoms with Crippen LogP contribution >= 0.6 is 0 Å². The molecule has 4 bridgehead atoms. The molecule has 184 valence electrons. The zero-order valence-corrected chi connectivity index (χ0v) is 20.7. The fourth-order valence-electron chi connectivity index (χ4n) is 7.58. The van der Waals surface area contributed by atoms with Gasteiger partial charge in [-0.05, 0) is 98.1 Å². The predicted octanol–water partition coefficient (Wildman–Crippen LogP) is 5.32. The standard InChI is InChI=1S/C29H37N5O/c1-34-11-3-4-23(34)19-30-9-10-31-27-8-7-24-25(32-27)5-2-6-26(24)33-28(35)18-29-15-20-12-21(16-29)14-22(13-20)17-29/h2-8,11,20-22,30H,9-10,12-19H2,1H3,(H,31,32)(H,33,35). The number of hydrogen-bond acceptors (Lipinski definition) is 4. The minimum Gasteiger partial charge on any atom is -0.369 e. The molecule has 0 spiro atoms. The Labute approximate surface area is 207 Å². The first-order valence-corrected chi connectivity index (χ1v) is 13.3. The minimum absolute atomic E-state index is 0.172. The molecule has 0 aliphatic heterocycles. The quantitative estimate of drug-likeness (QED) is 0.370. The van der Waals surface area contributed by atoms with Crippen LogP contribution in [0.5, 0.6) is 0 Å². The molecule has 0 unspecified atom stereocenters. The van der Waals surface area contributed by atoms with Gasteiger partial charge in [-0.2, -0.15) is 0 Å². The molecule has 1 aromatic carbocycles. The maximum atomic E-state index is 13.2. The third-order valence-electron chi connectivity index (χ3n) is 8.67. The van der Waals surface area contributed by atoms with Crippen molar-refractivity contribution in [3.8, 4) is 0 Å². The van der Waals surface area contributed by atoms with E-state index in [1.807, 2.05) is 24.3 Å². The first-order valence-electron chi connectivity index (χ1n) is 13.3. The van der Waals surface area contributed by atoms with Crippen LogP contribution in [0, 0.1) is 23.2 Å². The highest BCUT2D eigenvalue weighted by Gasteiger charge is 2.51. The largest absolute Gasteiger partial charge is 0.369 e. The summed E-state index contributed by atoms with van der Waals surface area (Å²) in [6.07, 6.45) is 10.8. The molecule has 0 atom stereocenters. The Balaban J connectivity index is 1.05. The number of anilines is 2. The maximum Gasteiger partial charge on any atom is 0.224 e. The number of fused-ring (bicyclic) bond motifs is 1. The second-order valence-electron chi connectivity index (χ2n) is 11.4. The van der Waals surface area contributed by atoms with Crippen LogP contribution in [-0.4, -0.2) is 28.5 Å². The lowest BCUT2D eigenvalue weighted by atomic mass is 9.49. The lowest BCUT2D eigenvalue weighted by Gasteiger charge is -2.56. The van der Waals surface area contributed by atoms with Crippen LogP contribution in [0.3, 0.4) is 0 Å². The number of aryl methyl sites for hydroxylation is 1. The van der Waals surface area contributed by atoms with Crippen molar-refractivity contribution in [1.29, 1.82) is 0 Å². The van der Waals surface area contributed by atoms with E-state index in [4.69, 9.17) is 4.98 Å². The van der Waals surface area contributed by atoms with Gasteiger partial charge in [0.15, 0.2) is 0 Å². The molecule has 1 amide bonds. The minimum atomic E-state index is 0.172. The molecule has 4 aliphatic rings. The van der Waals surface area contributed by atoms with E-state index in [9.17, 15) is 4.79 Å². The van der Waals surface area contributed by atoms with Gasteiger partial charge in [-0.25, -0.2) is 4.98 Å². The molecule has 2 heterocycles. The fourth-order valence-corrected chi connectivity index (χ4v) is 7.58. The number of rotatable bonds is 9. The zero-order valence-electron chi connectivity index (χ0n) is 20.7. The van der Waals surface area contributed by atoms with Crippen LogP contribution in [0.1, 0.15) is 50.6 Å². The van der Waals surface area contributed by atoms with Gasteiger partial charge in [-0.1, -0.05) is 6.07 Å². The summed E-state index contributed by atoms with van der Waals surface area (Å²) in [5, 5.41) is 11.1. The molecule has 3 N–H and O–H groups in total. The summed E-state index contributed by atoms with van der Waals surface area (Å²) in [4.78, 5) is 18.0. The van der Waals surface area contributed by atoms with Crippen molar-refractivity contribution in [2.75, 3.05) is 23.7 Å². The summed E-state index contributed by atoms with van der Waals surface area (Å²) in [5.74, 6) is 3.64. The number of nitrogens with one attached hydrogen (secondary N) is 3. The molecule has 6 nitrogen and oxygen atoms in total. The molecule has 4 saturated carbocycles. The monoisotopic (exact) mass is 471 g/mol. The van der Waals surface area contributed by atoms with Crippen molar-refractivity contribution < 1.29 is 4.79 Å². The van der Waals surface area contributed by atoms with Crippen molar-refractivity contribution in [2.45, 2.75) is 51.5 Å². The van der Waals surface area contributed by atoms with E-state index in [1.165, 1.54) is 44.2 Å². The van der Waals surface area contributed by atoms with Crippen LogP contribution in [0.15, 0.2) is 48.7 Å². The Morgan fingerprint density at radius 3 is 2.49 bits per heavy atom. The lowest BCUT2D eigenvalue weighted by Crippen LogP contribution is -2.47. The Bertz CT molecular complexity index is 1180. The average molecular weight is 472 g/mol. The highest BCUT2D eigenvalue weighted by Crippen LogP contribution is 2.61. The molecule has 0 saturated heterocycles. The van der Waals surface area contributed by atoms with Crippen LogP contribution in [-0.2, 0) is 18.4 Å². The van der Waals surface area contributed by atoms with E-state index in [2.05, 4.69) is 52.0 Å². The summed E-state index contributed by atoms with van der Waals surface area (Å²) >= 11 is 0. The van der Waals surface area contributed by atoms with Gasteiger partial charge < -0.3 is 20.5 Å². The summed E-state index contributed by atoms with van der Waals surface area (Å²) < 4.78 is 2.13. The van der Waals surface area contributed by atoms with Gasteiger partial charge in [0, 0.05) is 50.4 Å². The molecule has 2 aromatic heterocycles. The first-order chi connectivity index (χ1) is 17.1. The number of carbonyl (C=O) groups is 1. The van der Waals surface area contributed by atoms with Crippen LogP contribution in [0.25, 0.3) is 10.9 Å². The SMILES string of the molecule is Cn1cccc1CNCCNc1ccc2c(NC(=O)CC34CC5CC(CC(C5)C3)C4)cccc2n1. The lowest BCUT2D eigenvalue weighted by molar-refractivity contribution is -0.124. The van der Waals surface area contributed by atoms with Crippen molar-refractivity contribution in [1.82, 2.24) is 14.9 Å². The Kier molecular flexibility index (Phi) is 6.01. The Morgan fingerprint density at radius 2 is 1.77 bits per heavy atom. The van der Waals surface area contributed by atoms with Crippen molar-refractivity contribution in [3.05, 3.63) is 54.4 Å². The summed E-state index contributed by atoms with van der Waals surface area (Å²) in [6.45, 7) is 2.50. The summed E-state index contributed by atoms with van der Waals surface area (Å²) in [6, 6.07) is 14.3. The second-order valence-corrected chi connectivity index (χ2v) is 11.4. The highest BCUT2D eigenvalue weighted by atomic mass is 16.1. The molecule has 35 heavy (non-hydrogen) atoms. The highest BCUT2D eigenvalue weighted by molar-refractivity contribution is 6.01. The van der Waals surface area contributed by atoms with E-state index in [1.54, 1.807) is 0 Å². The van der Waals surface area contributed by atoms with E-state index in [0.717, 1.165) is 59.8 Å². The van der Waals surface area contributed by atoms with Crippen LogP contribution in [0.4, 0.5) is 11.5 Å². The van der Waals surface area contributed by atoms with E-state index in [0.29, 0.717) is 6.42 Å². The van der Waals surface area contributed by atoms with Gasteiger partial charge >= 0.3 is 0 Å². The van der Waals surface area contributed by atoms with Gasteiger partial charge in [0.1, 0.15) is 5.82 Å². The molecular weight excluding hydrogens is 434 g/mol. The molecular formula is C29H37N5O. The average Bonchev–Trinajstić information content (AvgIpc) is 3.22. The third-order valence-corrected chi connectivity index (χ3v) is 8.67. The summed E-state index contributed by atoms with van der Waals surface area (Å²) in [5.41, 5.74) is 3.30. The van der Waals surface area contributed by atoms with Gasteiger partial charge in [0.2, 0.25) is 5.91 Å². The van der Waals surface area contributed by atoms with Crippen LogP contribution in [0.2, 0.25) is 0 Å². The van der Waals surface area contributed by atoms with E-state index in [-0.39, 0.29) is 11.3 Å². The molecule has 7 rings (SSSR count). The zero-order chi connectivity index (χ0) is 23.8. The number of pyridine rings is 1. The molecule has 4 fully saturated rings. The third kappa shape index (κ3) is 4.81. The van der Waals surface area contributed by atoms with Crippen LogP contribution < -0.4 is 16.0 Å². The Hall–Kier alpha value is -2.86. The molecule has 6 heteroatoms. The van der Waals surface area contributed by atoms with Crippen molar-refractivity contribution >= 4 is 28.3 Å². The molecule has 3 aromatic rings. The number of carbonyl (C=O) groups excluding carboxylic acids is 1. The maximum absolute atomic E-state index is 13.2. The number of amides is 1. The van der Waals surface area contributed by atoms with Gasteiger partial charge in [0.25, 0.3) is 0 Å². The Morgan fingerprint density at radius 1 is 1.00 bits per heavy atom. The first kappa shape index (κ1) is 22.6. The molecule has 0 radical (unpaired) electrons. The van der Waals surface area contributed by atoms with Gasteiger partial charge in [-0.3, -0.25) is 4.79 Å². The topological polar surface area (TPSA) is 71.0 Å². The van der Waals surface area contributed by atoms with E-state index < -0.39 is 0 Å². The number of hydrogen-bond donors (Lipinski definition) is 3. The normalized spacial score (nSPS) is 26.8. The number of aromatic nitrogens is 2. The predicted molar refractivity (Wildman–Crippen MR) is 141 cm³/mol. The fraction of sp³-hybridized carbons (Fsp3) is 0.517. The van der Waals surface area contributed by atoms with E-state index >= 15 is 0 Å².